The molecule has 14 heavy (non-hydrogen) atoms. The van der Waals surface area contributed by atoms with E-state index < -0.39 is 11.7 Å². The van der Waals surface area contributed by atoms with Gasteiger partial charge >= 0.3 is 6.18 Å². The van der Waals surface area contributed by atoms with Crippen molar-refractivity contribution in [1.29, 1.82) is 5.26 Å². The molecular formula is C8H4ClF3N2. The largest absolute Gasteiger partial charge is 0.416 e. The van der Waals surface area contributed by atoms with Crippen LogP contribution in [-0.4, -0.2) is 4.98 Å². The molecular weight excluding hydrogens is 217 g/mol. The summed E-state index contributed by atoms with van der Waals surface area (Å²) in [5, 5.41) is 8.42. The highest BCUT2D eigenvalue weighted by molar-refractivity contribution is 6.16. The summed E-state index contributed by atoms with van der Waals surface area (Å²) in [5.74, 6) is -0.154. The molecule has 0 fully saturated rings. The SMILES string of the molecule is N#Cc1cc(C(F)(F)F)cc(CCl)n1. The van der Waals surface area contributed by atoms with Crippen molar-refractivity contribution in [2.24, 2.45) is 0 Å². The first-order valence-electron chi connectivity index (χ1n) is 3.51. The van der Waals surface area contributed by atoms with E-state index in [1.165, 1.54) is 0 Å². The van der Waals surface area contributed by atoms with Crippen molar-refractivity contribution in [2.75, 3.05) is 0 Å². The molecule has 0 aliphatic rings. The quantitative estimate of drug-likeness (QED) is 0.683. The first-order chi connectivity index (χ1) is 6.47. The standard InChI is InChI=1S/C8H4ClF3N2/c9-3-6-1-5(8(10,11)12)2-7(4-13)14-6/h1-2H,3H2. The van der Waals surface area contributed by atoms with Gasteiger partial charge in [0.25, 0.3) is 0 Å². The molecule has 1 aromatic heterocycles. The zero-order valence-electron chi connectivity index (χ0n) is 6.77. The van der Waals surface area contributed by atoms with Crippen LogP contribution in [0.3, 0.4) is 0 Å². The van der Waals surface area contributed by atoms with Crippen molar-refractivity contribution < 1.29 is 13.2 Å². The molecule has 2 nitrogen and oxygen atoms in total. The topological polar surface area (TPSA) is 36.7 Å². The third-order valence-electron chi connectivity index (χ3n) is 1.46. The van der Waals surface area contributed by atoms with Gasteiger partial charge in [-0.05, 0) is 12.1 Å². The van der Waals surface area contributed by atoms with Crippen LogP contribution in [0, 0.1) is 11.3 Å². The van der Waals surface area contributed by atoms with Crippen LogP contribution in [-0.2, 0) is 12.1 Å². The molecule has 0 aliphatic heterocycles. The van der Waals surface area contributed by atoms with Gasteiger partial charge in [0.1, 0.15) is 11.8 Å². The van der Waals surface area contributed by atoms with Gasteiger partial charge in [0.05, 0.1) is 17.1 Å². The highest BCUT2D eigenvalue weighted by Crippen LogP contribution is 2.30. The van der Waals surface area contributed by atoms with Gasteiger partial charge in [-0.1, -0.05) is 0 Å². The number of halogens is 4. The van der Waals surface area contributed by atoms with Crippen molar-refractivity contribution in [3.05, 3.63) is 29.1 Å². The fourth-order valence-corrected chi connectivity index (χ4v) is 1.01. The van der Waals surface area contributed by atoms with Gasteiger partial charge < -0.3 is 0 Å². The lowest BCUT2D eigenvalue weighted by Crippen LogP contribution is -2.07. The van der Waals surface area contributed by atoms with Crippen LogP contribution >= 0.6 is 11.6 Å². The Morgan fingerprint density at radius 1 is 1.43 bits per heavy atom. The fraction of sp³-hybridized carbons (Fsp3) is 0.250. The molecule has 0 unspecified atom stereocenters. The summed E-state index contributed by atoms with van der Waals surface area (Å²) < 4.78 is 36.7. The number of hydrogen-bond donors (Lipinski definition) is 0. The predicted molar refractivity (Wildman–Crippen MR) is 43.5 cm³/mol. The van der Waals surface area contributed by atoms with Gasteiger partial charge in [-0.3, -0.25) is 0 Å². The van der Waals surface area contributed by atoms with E-state index in [0.29, 0.717) is 6.07 Å². The summed E-state index contributed by atoms with van der Waals surface area (Å²) in [6, 6.07) is 3.06. The Labute approximate surface area is 82.9 Å². The van der Waals surface area contributed by atoms with Crippen LogP contribution in [0.25, 0.3) is 0 Å². The zero-order valence-corrected chi connectivity index (χ0v) is 7.52. The third-order valence-corrected chi connectivity index (χ3v) is 1.73. The number of rotatable bonds is 1. The summed E-state index contributed by atoms with van der Waals surface area (Å²) >= 11 is 5.34. The van der Waals surface area contributed by atoms with E-state index >= 15 is 0 Å². The molecule has 0 radical (unpaired) electrons. The van der Waals surface area contributed by atoms with Gasteiger partial charge in [0.15, 0.2) is 0 Å². The van der Waals surface area contributed by atoms with Crippen molar-refractivity contribution in [2.45, 2.75) is 12.1 Å². The van der Waals surface area contributed by atoms with E-state index in [-0.39, 0.29) is 17.3 Å². The van der Waals surface area contributed by atoms with Crippen LogP contribution in [0.15, 0.2) is 12.1 Å². The van der Waals surface area contributed by atoms with Crippen molar-refractivity contribution in [1.82, 2.24) is 4.98 Å². The van der Waals surface area contributed by atoms with Crippen molar-refractivity contribution in [3.63, 3.8) is 0 Å². The Bertz CT molecular complexity index is 381. The first kappa shape index (κ1) is 10.8. The Balaban J connectivity index is 3.26. The molecule has 0 amide bonds. The third kappa shape index (κ3) is 2.36. The molecule has 0 aromatic carbocycles. The molecule has 0 saturated heterocycles. The number of aromatic nitrogens is 1. The second-order valence-electron chi connectivity index (χ2n) is 2.48. The van der Waals surface area contributed by atoms with Crippen LogP contribution in [0.5, 0.6) is 0 Å². The minimum atomic E-state index is -4.48. The van der Waals surface area contributed by atoms with Crippen LogP contribution in [0.1, 0.15) is 17.0 Å². The van der Waals surface area contributed by atoms with Crippen LogP contribution in [0.4, 0.5) is 13.2 Å². The maximum atomic E-state index is 12.2. The van der Waals surface area contributed by atoms with Crippen molar-refractivity contribution >= 4 is 11.6 Å². The number of alkyl halides is 4. The molecule has 0 saturated carbocycles. The summed E-state index contributed by atoms with van der Waals surface area (Å²) in [6.07, 6.45) is -4.48. The van der Waals surface area contributed by atoms with Gasteiger partial charge in [-0.15, -0.1) is 11.6 Å². The van der Waals surface area contributed by atoms with E-state index in [4.69, 9.17) is 16.9 Å². The number of pyridine rings is 1. The second-order valence-corrected chi connectivity index (χ2v) is 2.74. The molecule has 0 spiro atoms. The Kier molecular flexibility index (Phi) is 2.96. The molecule has 0 aliphatic carbocycles. The average molecular weight is 221 g/mol. The van der Waals surface area contributed by atoms with E-state index in [1.807, 2.05) is 0 Å². The lowest BCUT2D eigenvalue weighted by molar-refractivity contribution is -0.137. The second kappa shape index (κ2) is 3.84. The Morgan fingerprint density at radius 2 is 2.07 bits per heavy atom. The molecule has 0 N–H and O–H groups in total. The highest BCUT2D eigenvalue weighted by Gasteiger charge is 2.31. The molecule has 1 heterocycles. The molecule has 1 aromatic rings. The van der Waals surface area contributed by atoms with Crippen LogP contribution < -0.4 is 0 Å². The maximum absolute atomic E-state index is 12.2. The predicted octanol–water partition coefficient (Wildman–Crippen LogP) is 2.71. The highest BCUT2D eigenvalue weighted by atomic mass is 35.5. The Morgan fingerprint density at radius 3 is 2.50 bits per heavy atom. The molecule has 74 valence electrons. The van der Waals surface area contributed by atoms with Gasteiger partial charge in [-0.25, -0.2) is 4.98 Å². The molecule has 6 heteroatoms. The van der Waals surface area contributed by atoms with Gasteiger partial charge in [-0.2, -0.15) is 18.4 Å². The monoisotopic (exact) mass is 220 g/mol. The first-order valence-corrected chi connectivity index (χ1v) is 4.05. The molecule has 0 atom stereocenters. The fourth-order valence-electron chi connectivity index (χ4n) is 0.877. The summed E-state index contributed by atoms with van der Waals surface area (Å²) in [6.45, 7) is 0. The van der Waals surface area contributed by atoms with Gasteiger partial charge in [0, 0.05) is 0 Å². The maximum Gasteiger partial charge on any atom is 0.416 e. The Hall–Kier alpha value is -1.28. The number of nitrogens with zero attached hydrogens (tertiary/aromatic N) is 2. The van der Waals surface area contributed by atoms with Gasteiger partial charge in [0.2, 0.25) is 0 Å². The van der Waals surface area contributed by atoms with Crippen molar-refractivity contribution in [3.8, 4) is 6.07 Å². The minimum absolute atomic E-state index is 0.0399. The van der Waals surface area contributed by atoms with E-state index in [2.05, 4.69) is 4.98 Å². The normalized spacial score (nSPS) is 11.1. The molecule has 1 rings (SSSR count). The average Bonchev–Trinajstić information content (AvgIpc) is 2.15. The number of nitriles is 1. The van der Waals surface area contributed by atoms with E-state index in [1.54, 1.807) is 6.07 Å². The molecule has 0 bridgehead atoms. The summed E-state index contributed by atoms with van der Waals surface area (Å²) in [4.78, 5) is 3.59. The number of hydrogen-bond acceptors (Lipinski definition) is 2. The summed E-state index contributed by atoms with van der Waals surface area (Å²) in [5.41, 5.74) is -1.15. The zero-order chi connectivity index (χ0) is 10.8. The van der Waals surface area contributed by atoms with Crippen LogP contribution in [0.2, 0.25) is 0 Å². The van der Waals surface area contributed by atoms with E-state index in [9.17, 15) is 13.2 Å². The lowest BCUT2D eigenvalue weighted by Gasteiger charge is -2.07. The summed E-state index contributed by atoms with van der Waals surface area (Å²) in [7, 11) is 0. The van der Waals surface area contributed by atoms with E-state index in [0.717, 1.165) is 6.07 Å². The smallest absolute Gasteiger partial charge is 0.241 e. The lowest BCUT2D eigenvalue weighted by atomic mass is 10.2. The minimum Gasteiger partial charge on any atom is -0.241 e.